The summed E-state index contributed by atoms with van der Waals surface area (Å²) < 4.78 is 42.2. The van der Waals surface area contributed by atoms with Crippen molar-refractivity contribution >= 4 is 26.6 Å². The minimum atomic E-state index is -4.04. The zero-order chi connectivity index (χ0) is 21.3. The molecule has 2 N–H and O–H groups in total. The van der Waals surface area contributed by atoms with Crippen LogP contribution in [0.4, 0.5) is 10.1 Å². The first-order valence-electron chi connectivity index (χ1n) is 8.93. The summed E-state index contributed by atoms with van der Waals surface area (Å²) in [6.45, 7) is 0. The molecular weight excluding hydrogens is 409 g/mol. The lowest BCUT2D eigenvalue weighted by atomic mass is 9.99. The topological polar surface area (TPSA) is 105 Å². The van der Waals surface area contributed by atoms with Gasteiger partial charge in [-0.05, 0) is 41.5 Å². The van der Waals surface area contributed by atoms with Crippen molar-refractivity contribution in [3.05, 3.63) is 106 Å². The summed E-state index contributed by atoms with van der Waals surface area (Å²) in [5.41, 5.74) is 1.84. The maximum atomic E-state index is 13.5. The molecule has 0 fully saturated rings. The van der Waals surface area contributed by atoms with Crippen molar-refractivity contribution in [2.45, 2.75) is 10.9 Å². The van der Waals surface area contributed by atoms with E-state index < -0.39 is 26.8 Å². The van der Waals surface area contributed by atoms with E-state index in [2.05, 4.69) is 9.71 Å². The molecule has 4 aromatic rings. The molecule has 1 atom stereocenters. The standard InChI is InChI=1S/C21H16FN3O4S/c22-15-7-5-14(6-8-15)21(19-13-23-20-4-2-1-3-18(19)20)24-30(28,29)17-11-9-16(10-12-17)25(26)27/h1-13,21,23-24H/t21-/m0/s1. The van der Waals surface area contributed by atoms with Gasteiger partial charge in [0.15, 0.2) is 0 Å². The van der Waals surface area contributed by atoms with E-state index in [0.29, 0.717) is 11.1 Å². The number of H-pyrrole nitrogens is 1. The van der Waals surface area contributed by atoms with E-state index in [1.54, 1.807) is 6.20 Å². The first-order chi connectivity index (χ1) is 14.3. The number of rotatable bonds is 6. The molecule has 3 aromatic carbocycles. The molecule has 7 nitrogen and oxygen atoms in total. The van der Waals surface area contributed by atoms with Crippen LogP contribution in [0.15, 0.2) is 83.9 Å². The molecule has 0 amide bonds. The Labute approximate surface area is 171 Å². The van der Waals surface area contributed by atoms with Crippen molar-refractivity contribution in [1.29, 1.82) is 0 Å². The van der Waals surface area contributed by atoms with Crippen molar-refractivity contribution in [2.75, 3.05) is 0 Å². The van der Waals surface area contributed by atoms with Gasteiger partial charge < -0.3 is 4.98 Å². The predicted molar refractivity (Wildman–Crippen MR) is 110 cm³/mol. The van der Waals surface area contributed by atoms with Crippen molar-refractivity contribution < 1.29 is 17.7 Å². The lowest BCUT2D eigenvalue weighted by Gasteiger charge is -2.19. The third kappa shape index (κ3) is 3.80. The fourth-order valence-electron chi connectivity index (χ4n) is 3.27. The van der Waals surface area contributed by atoms with Crippen LogP contribution in [0.25, 0.3) is 10.9 Å². The van der Waals surface area contributed by atoms with Gasteiger partial charge in [0, 0.05) is 29.2 Å². The molecule has 0 saturated carbocycles. The fraction of sp³-hybridized carbons (Fsp3) is 0.0476. The Balaban J connectivity index is 1.78. The van der Waals surface area contributed by atoms with Crippen LogP contribution in [0.1, 0.15) is 17.2 Å². The van der Waals surface area contributed by atoms with E-state index >= 15 is 0 Å². The molecule has 0 unspecified atom stereocenters. The number of nitro benzene ring substituents is 1. The first kappa shape index (κ1) is 19.7. The Hall–Kier alpha value is -3.56. The number of aromatic amines is 1. The number of nitrogens with one attached hydrogen (secondary N) is 2. The highest BCUT2D eigenvalue weighted by molar-refractivity contribution is 7.89. The van der Waals surface area contributed by atoms with Gasteiger partial charge in [-0.25, -0.2) is 12.8 Å². The van der Waals surface area contributed by atoms with Gasteiger partial charge in [0.2, 0.25) is 10.0 Å². The maximum absolute atomic E-state index is 13.5. The quantitative estimate of drug-likeness (QED) is 0.355. The molecule has 1 heterocycles. The molecule has 0 aliphatic heterocycles. The molecule has 0 spiro atoms. The Bertz CT molecular complexity index is 1320. The van der Waals surface area contributed by atoms with Gasteiger partial charge in [-0.2, -0.15) is 4.72 Å². The Morgan fingerprint density at radius 3 is 2.30 bits per heavy atom. The lowest BCUT2D eigenvalue weighted by Crippen LogP contribution is -2.29. The molecular formula is C21H16FN3O4S. The number of hydrogen-bond donors (Lipinski definition) is 2. The van der Waals surface area contributed by atoms with Crippen molar-refractivity contribution in [2.24, 2.45) is 0 Å². The highest BCUT2D eigenvalue weighted by Crippen LogP contribution is 2.31. The maximum Gasteiger partial charge on any atom is 0.269 e. The number of benzene rings is 3. The number of aromatic nitrogens is 1. The van der Waals surface area contributed by atoms with E-state index in [9.17, 15) is 22.9 Å². The second kappa shape index (κ2) is 7.69. The highest BCUT2D eigenvalue weighted by atomic mass is 32.2. The highest BCUT2D eigenvalue weighted by Gasteiger charge is 2.25. The normalized spacial score (nSPS) is 12.7. The molecule has 30 heavy (non-hydrogen) atoms. The molecule has 0 aliphatic carbocycles. The van der Waals surface area contributed by atoms with Gasteiger partial charge in [0.05, 0.1) is 15.9 Å². The van der Waals surface area contributed by atoms with Gasteiger partial charge in [-0.15, -0.1) is 0 Å². The largest absolute Gasteiger partial charge is 0.361 e. The van der Waals surface area contributed by atoms with Gasteiger partial charge in [0.25, 0.3) is 5.69 Å². The summed E-state index contributed by atoms with van der Waals surface area (Å²) in [6.07, 6.45) is 1.71. The average Bonchev–Trinajstić information content (AvgIpc) is 3.17. The van der Waals surface area contributed by atoms with Gasteiger partial charge >= 0.3 is 0 Å². The second-order valence-electron chi connectivity index (χ2n) is 6.65. The summed E-state index contributed by atoms with van der Waals surface area (Å²) in [5, 5.41) is 11.7. The summed E-state index contributed by atoms with van der Waals surface area (Å²) in [7, 11) is -4.04. The second-order valence-corrected chi connectivity index (χ2v) is 8.36. The molecule has 0 aliphatic rings. The summed E-state index contributed by atoms with van der Waals surface area (Å²) in [6, 6.07) is 16.8. The monoisotopic (exact) mass is 425 g/mol. The molecule has 1 aromatic heterocycles. The zero-order valence-electron chi connectivity index (χ0n) is 15.4. The van der Waals surface area contributed by atoms with Crippen LogP contribution in [0, 0.1) is 15.9 Å². The van der Waals surface area contributed by atoms with Gasteiger partial charge in [-0.3, -0.25) is 10.1 Å². The zero-order valence-corrected chi connectivity index (χ0v) is 16.3. The third-order valence-electron chi connectivity index (χ3n) is 4.77. The minimum absolute atomic E-state index is 0.111. The summed E-state index contributed by atoms with van der Waals surface area (Å²) in [5.74, 6) is -0.436. The van der Waals surface area contributed by atoms with Crippen LogP contribution in [-0.2, 0) is 10.0 Å². The average molecular weight is 425 g/mol. The molecule has 0 bridgehead atoms. The number of nitro groups is 1. The number of hydrogen-bond acceptors (Lipinski definition) is 4. The van der Waals surface area contributed by atoms with Crippen LogP contribution in [0.3, 0.4) is 0 Å². The smallest absolute Gasteiger partial charge is 0.269 e. The first-order valence-corrected chi connectivity index (χ1v) is 10.4. The van der Waals surface area contributed by atoms with Crippen LogP contribution < -0.4 is 4.72 Å². The van der Waals surface area contributed by atoms with Crippen molar-refractivity contribution in [3.8, 4) is 0 Å². The van der Waals surface area contributed by atoms with E-state index in [1.165, 1.54) is 36.4 Å². The summed E-state index contributed by atoms with van der Waals surface area (Å²) in [4.78, 5) is 13.2. The Morgan fingerprint density at radius 2 is 1.63 bits per heavy atom. The van der Waals surface area contributed by atoms with Gasteiger partial charge in [-0.1, -0.05) is 30.3 Å². The van der Waals surface area contributed by atoms with Crippen LogP contribution in [0.5, 0.6) is 0 Å². The molecule has 4 rings (SSSR count). The van der Waals surface area contributed by atoms with E-state index in [0.717, 1.165) is 23.0 Å². The van der Waals surface area contributed by atoms with E-state index in [4.69, 9.17) is 0 Å². The van der Waals surface area contributed by atoms with Crippen molar-refractivity contribution in [3.63, 3.8) is 0 Å². The number of nitrogens with zero attached hydrogens (tertiary/aromatic N) is 1. The summed E-state index contributed by atoms with van der Waals surface area (Å²) >= 11 is 0. The van der Waals surface area contributed by atoms with E-state index in [1.807, 2.05) is 24.3 Å². The van der Waals surface area contributed by atoms with Crippen molar-refractivity contribution in [1.82, 2.24) is 9.71 Å². The van der Waals surface area contributed by atoms with Crippen LogP contribution in [-0.4, -0.2) is 18.3 Å². The Morgan fingerprint density at radius 1 is 0.967 bits per heavy atom. The van der Waals surface area contributed by atoms with E-state index in [-0.39, 0.29) is 10.6 Å². The third-order valence-corrected chi connectivity index (χ3v) is 6.21. The minimum Gasteiger partial charge on any atom is -0.361 e. The molecule has 9 heteroatoms. The number of sulfonamides is 1. The number of para-hydroxylation sites is 1. The Kier molecular flexibility index (Phi) is 5.06. The molecule has 0 radical (unpaired) electrons. The lowest BCUT2D eigenvalue weighted by molar-refractivity contribution is -0.384. The van der Waals surface area contributed by atoms with Gasteiger partial charge in [0.1, 0.15) is 5.82 Å². The van der Waals surface area contributed by atoms with Crippen LogP contribution >= 0.6 is 0 Å². The van der Waals surface area contributed by atoms with Crippen LogP contribution in [0.2, 0.25) is 0 Å². The predicted octanol–water partition coefficient (Wildman–Crippen LogP) is 4.28. The number of halogens is 1. The molecule has 152 valence electrons. The fourth-order valence-corrected chi connectivity index (χ4v) is 4.47. The SMILES string of the molecule is O=[N+]([O-])c1ccc(S(=O)(=O)N[C@@H](c2ccc(F)cc2)c2c[nH]c3ccccc23)cc1. The molecule has 0 saturated heterocycles. The number of non-ortho nitro benzene ring substituents is 1. The number of fused-ring (bicyclic) bond motifs is 1.